The molecule has 3 amide bonds. The van der Waals surface area contributed by atoms with Crippen LogP contribution < -0.4 is 20.7 Å². The Balaban J connectivity index is 1.77. The fourth-order valence-corrected chi connectivity index (χ4v) is 2.52. The Kier molecular flexibility index (Phi) is 6.85. The number of benzene rings is 1. The highest BCUT2D eigenvalue weighted by atomic mass is 16.5. The van der Waals surface area contributed by atoms with Gasteiger partial charge in [0.2, 0.25) is 5.91 Å². The van der Waals surface area contributed by atoms with Gasteiger partial charge in [0.15, 0.2) is 0 Å². The van der Waals surface area contributed by atoms with Crippen LogP contribution in [0.1, 0.15) is 40.5 Å². The lowest BCUT2D eigenvalue weighted by molar-refractivity contribution is -0.120. The molecule has 2 atom stereocenters. The topological polar surface area (TPSA) is 88.7 Å². The van der Waals surface area contributed by atoms with E-state index in [0.717, 1.165) is 30.9 Å². The number of anilines is 1. The molecule has 7 heteroatoms. The summed E-state index contributed by atoms with van der Waals surface area (Å²) in [7, 11) is 0. The summed E-state index contributed by atoms with van der Waals surface area (Å²) in [5, 5.41) is 8.08. The summed E-state index contributed by atoms with van der Waals surface area (Å²) in [5.74, 6) is 0.359. The molecule has 0 aliphatic carbocycles. The van der Waals surface area contributed by atoms with Crippen LogP contribution in [0.2, 0.25) is 0 Å². The average molecular weight is 363 g/mol. The zero-order chi connectivity index (χ0) is 19.2. The third-order valence-corrected chi connectivity index (χ3v) is 3.82. The lowest BCUT2D eigenvalue weighted by Gasteiger charge is -2.21. The minimum Gasteiger partial charge on any atom is -0.491 e. The van der Waals surface area contributed by atoms with Gasteiger partial charge in [0.25, 0.3) is 0 Å². The maximum absolute atomic E-state index is 12.1. The number of ether oxygens (including phenoxy) is 2. The molecule has 1 aromatic carbocycles. The molecule has 0 aromatic heterocycles. The third-order valence-electron chi connectivity index (χ3n) is 3.82. The molecular weight excluding hydrogens is 334 g/mol. The van der Waals surface area contributed by atoms with E-state index in [9.17, 15) is 9.59 Å². The molecule has 0 radical (unpaired) electrons. The molecular formula is C19H29N3O4. The summed E-state index contributed by atoms with van der Waals surface area (Å²) >= 11 is 0. The van der Waals surface area contributed by atoms with Crippen LogP contribution in [0, 0.1) is 0 Å². The van der Waals surface area contributed by atoms with Crippen molar-refractivity contribution in [2.45, 2.75) is 58.2 Å². The van der Waals surface area contributed by atoms with Gasteiger partial charge in [0.1, 0.15) is 18.4 Å². The van der Waals surface area contributed by atoms with E-state index < -0.39 is 23.5 Å². The molecule has 1 aliphatic rings. The van der Waals surface area contributed by atoms with Crippen molar-refractivity contribution in [3.05, 3.63) is 24.3 Å². The molecule has 0 unspecified atom stereocenters. The van der Waals surface area contributed by atoms with Gasteiger partial charge in [-0.2, -0.15) is 0 Å². The zero-order valence-corrected chi connectivity index (χ0v) is 15.9. The standard InChI is InChI=1S/C19H29N3O4/c1-13(17(23)21-18(24)22-19(2,3)4)20-14-7-9-15(10-8-14)26-12-16-6-5-11-25-16/h7-10,13,16,20H,5-6,11-12H2,1-4H3,(H2,21,22,23,24)/t13-,16-/m0/s1. The molecule has 1 saturated heterocycles. The molecule has 3 N–H and O–H groups in total. The van der Waals surface area contributed by atoms with E-state index in [4.69, 9.17) is 9.47 Å². The number of urea groups is 1. The van der Waals surface area contributed by atoms with Crippen LogP contribution in [-0.4, -0.2) is 42.8 Å². The van der Waals surface area contributed by atoms with Crippen molar-refractivity contribution in [2.24, 2.45) is 0 Å². The molecule has 1 fully saturated rings. The van der Waals surface area contributed by atoms with Crippen molar-refractivity contribution in [3.8, 4) is 5.75 Å². The molecule has 2 rings (SSSR count). The van der Waals surface area contributed by atoms with Crippen LogP contribution in [0.15, 0.2) is 24.3 Å². The second kappa shape index (κ2) is 8.89. The SMILES string of the molecule is C[C@H](Nc1ccc(OC[C@@H]2CCCO2)cc1)C(=O)NC(=O)NC(C)(C)C. The van der Waals surface area contributed by atoms with Gasteiger partial charge in [-0.25, -0.2) is 4.79 Å². The minimum absolute atomic E-state index is 0.177. The molecule has 26 heavy (non-hydrogen) atoms. The maximum atomic E-state index is 12.1. The van der Waals surface area contributed by atoms with Gasteiger partial charge in [-0.05, 0) is 64.8 Å². The van der Waals surface area contributed by atoms with Crippen LogP contribution in [0.25, 0.3) is 0 Å². The van der Waals surface area contributed by atoms with E-state index in [1.165, 1.54) is 0 Å². The monoisotopic (exact) mass is 363 g/mol. The fraction of sp³-hybridized carbons (Fsp3) is 0.579. The highest BCUT2D eigenvalue weighted by molar-refractivity contribution is 5.98. The Bertz CT molecular complexity index is 604. The van der Waals surface area contributed by atoms with Crippen molar-refractivity contribution < 1.29 is 19.1 Å². The van der Waals surface area contributed by atoms with Gasteiger partial charge < -0.3 is 20.1 Å². The van der Waals surface area contributed by atoms with Crippen LogP contribution in [0.3, 0.4) is 0 Å². The fourth-order valence-electron chi connectivity index (χ4n) is 2.52. The summed E-state index contributed by atoms with van der Waals surface area (Å²) in [6.07, 6.45) is 2.30. The number of nitrogens with one attached hydrogen (secondary N) is 3. The molecule has 0 spiro atoms. The normalized spacial score (nSPS) is 18.1. The summed E-state index contributed by atoms with van der Waals surface area (Å²) in [6.45, 7) is 8.60. The quantitative estimate of drug-likeness (QED) is 0.723. The van der Waals surface area contributed by atoms with Crippen molar-refractivity contribution in [3.63, 3.8) is 0 Å². The second-order valence-electron chi connectivity index (χ2n) is 7.53. The maximum Gasteiger partial charge on any atom is 0.321 e. The average Bonchev–Trinajstić information content (AvgIpc) is 3.05. The zero-order valence-electron chi connectivity index (χ0n) is 15.9. The molecule has 1 heterocycles. The van der Waals surface area contributed by atoms with Gasteiger partial charge in [-0.3, -0.25) is 10.1 Å². The Hall–Kier alpha value is -2.28. The van der Waals surface area contributed by atoms with Crippen molar-refractivity contribution in [1.29, 1.82) is 0 Å². The van der Waals surface area contributed by atoms with E-state index in [1.807, 2.05) is 45.0 Å². The van der Waals surface area contributed by atoms with Crippen LogP contribution in [-0.2, 0) is 9.53 Å². The largest absolute Gasteiger partial charge is 0.491 e. The predicted molar refractivity (Wildman–Crippen MR) is 100 cm³/mol. The lowest BCUT2D eigenvalue weighted by atomic mass is 10.1. The summed E-state index contributed by atoms with van der Waals surface area (Å²) in [5.41, 5.74) is 0.369. The highest BCUT2D eigenvalue weighted by Crippen LogP contribution is 2.19. The minimum atomic E-state index is -0.556. The first-order chi connectivity index (χ1) is 12.2. The third kappa shape index (κ3) is 6.92. The number of carbonyl (C=O) groups is 2. The van der Waals surface area contributed by atoms with Crippen molar-refractivity contribution >= 4 is 17.6 Å². The van der Waals surface area contributed by atoms with Crippen molar-refractivity contribution in [1.82, 2.24) is 10.6 Å². The van der Waals surface area contributed by atoms with Gasteiger partial charge >= 0.3 is 6.03 Å². The number of carbonyl (C=O) groups excluding carboxylic acids is 2. The Morgan fingerprint density at radius 1 is 1.27 bits per heavy atom. The van der Waals surface area contributed by atoms with E-state index in [-0.39, 0.29) is 6.10 Å². The van der Waals surface area contributed by atoms with Crippen molar-refractivity contribution in [2.75, 3.05) is 18.5 Å². The highest BCUT2D eigenvalue weighted by Gasteiger charge is 2.19. The summed E-state index contributed by atoms with van der Waals surface area (Å²) in [4.78, 5) is 23.8. The second-order valence-corrected chi connectivity index (χ2v) is 7.53. The van der Waals surface area contributed by atoms with Crippen LogP contribution in [0.4, 0.5) is 10.5 Å². The molecule has 0 saturated carbocycles. The van der Waals surface area contributed by atoms with E-state index in [0.29, 0.717) is 6.61 Å². The Morgan fingerprint density at radius 2 is 1.96 bits per heavy atom. The number of rotatable bonds is 6. The predicted octanol–water partition coefficient (Wildman–Crippen LogP) is 2.67. The molecule has 1 aromatic rings. The van der Waals surface area contributed by atoms with Gasteiger partial charge in [0, 0.05) is 17.8 Å². The summed E-state index contributed by atoms with van der Waals surface area (Å²) in [6, 6.07) is 6.30. The van der Waals surface area contributed by atoms with E-state index in [2.05, 4.69) is 16.0 Å². The van der Waals surface area contributed by atoms with E-state index >= 15 is 0 Å². The molecule has 7 nitrogen and oxygen atoms in total. The van der Waals surface area contributed by atoms with Gasteiger partial charge in [-0.15, -0.1) is 0 Å². The van der Waals surface area contributed by atoms with Crippen LogP contribution in [0.5, 0.6) is 5.75 Å². The lowest BCUT2D eigenvalue weighted by Crippen LogP contribution is -2.51. The first-order valence-electron chi connectivity index (χ1n) is 8.97. The number of hydrogen-bond donors (Lipinski definition) is 3. The number of amides is 3. The van der Waals surface area contributed by atoms with Gasteiger partial charge in [0.05, 0.1) is 6.10 Å². The van der Waals surface area contributed by atoms with E-state index in [1.54, 1.807) is 6.92 Å². The summed E-state index contributed by atoms with van der Waals surface area (Å²) < 4.78 is 11.2. The molecule has 0 bridgehead atoms. The first-order valence-corrected chi connectivity index (χ1v) is 8.97. The number of imide groups is 1. The number of hydrogen-bond acceptors (Lipinski definition) is 5. The van der Waals surface area contributed by atoms with Gasteiger partial charge in [-0.1, -0.05) is 0 Å². The molecule has 1 aliphatic heterocycles. The Morgan fingerprint density at radius 3 is 2.54 bits per heavy atom. The van der Waals surface area contributed by atoms with Crippen LogP contribution >= 0.6 is 0 Å². The smallest absolute Gasteiger partial charge is 0.321 e. The first kappa shape index (κ1) is 20.0. The molecule has 144 valence electrons. The Labute approximate surface area is 154 Å².